The molecule has 1 amide bonds. The monoisotopic (exact) mass is 688 g/mol. The van der Waals surface area contributed by atoms with Crippen molar-refractivity contribution in [3.05, 3.63) is 81.7 Å². The summed E-state index contributed by atoms with van der Waals surface area (Å²) in [6.45, 7) is 7.34. The number of para-hydroxylation sites is 1. The summed E-state index contributed by atoms with van der Waals surface area (Å²) in [5.74, 6) is -1.60. The molecule has 3 aliphatic rings. The predicted octanol–water partition coefficient (Wildman–Crippen LogP) is 5.74. The van der Waals surface area contributed by atoms with Crippen LogP contribution >= 0.6 is 11.6 Å². The lowest BCUT2D eigenvalue weighted by molar-refractivity contribution is -0.141. The van der Waals surface area contributed by atoms with Crippen LogP contribution in [0.15, 0.2) is 51.3 Å². The van der Waals surface area contributed by atoms with E-state index in [4.69, 9.17) is 34.9 Å². The summed E-state index contributed by atoms with van der Waals surface area (Å²) in [6, 6.07) is 12.7. The molecule has 4 atom stereocenters. The molecule has 0 saturated carbocycles. The lowest BCUT2D eigenvalue weighted by Gasteiger charge is -2.29. The average molecular weight is 689 g/mol. The molecule has 0 radical (unpaired) electrons. The lowest BCUT2D eigenvalue weighted by atomic mass is 9.72. The Morgan fingerprint density at radius 2 is 1.86 bits per heavy atom. The van der Waals surface area contributed by atoms with Gasteiger partial charge in [0.2, 0.25) is 22.7 Å². The van der Waals surface area contributed by atoms with Crippen LogP contribution < -0.4 is 15.4 Å². The Hall–Kier alpha value is -4.68. The quantitative estimate of drug-likeness (QED) is 0.193. The number of amides is 1. The van der Waals surface area contributed by atoms with Crippen LogP contribution in [0.5, 0.6) is 5.75 Å². The van der Waals surface area contributed by atoms with E-state index in [1.807, 2.05) is 56.3 Å². The Morgan fingerprint density at radius 1 is 1.10 bits per heavy atom. The normalized spacial score (nSPS) is 22.3. The highest BCUT2D eigenvalue weighted by atomic mass is 35.5. The zero-order valence-corrected chi connectivity index (χ0v) is 28.5. The molecule has 0 fully saturated rings. The van der Waals surface area contributed by atoms with Crippen LogP contribution in [0.1, 0.15) is 91.8 Å². The van der Waals surface area contributed by atoms with Crippen molar-refractivity contribution in [2.75, 3.05) is 12.4 Å². The first kappa shape index (κ1) is 32.8. The predicted molar refractivity (Wildman–Crippen MR) is 177 cm³/mol. The summed E-state index contributed by atoms with van der Waals surface area (Å²) < 4.78 is 24.1. The number of rotatable bonds is 8. The number of nitrogens with zero attached hydrogens (tertiary/aromatic N) is 2. The molecule has 2 aromatic heterocycles. The summed E-state index contributed by atoms with van der Waals surface area (Å²) >= 11 is 6.35. The number of carbonyl (C=O) groups excluding carboxylic acids is 3. The van der Waals surface area contributed by atoms with Gasteiger partial charge in [-0.3, -0.25) is 9.59 Å². The zero-order chi connectivity index (χ0) is 34.8. The van der Waals surface area contributed by atoms with Crippen molar-refractivity contribution in [3.63, 3.8) is 0 Å². The van der Waals surface area contributed by atoms with Crippen molar-refractivity contribution in [1.29, 1.82) is 0 Å². The van der Waals surface area contributed by atoms with E-state index in [1.165, 1.54) is 7.11 Å². The Labute approximate surface area is 287 Å². The van der Waals surface area contributed by atoms with Crippen LogP contribution in [0.25, 0.3) is 11.6 Å². The molecule has 7 rings (SSSR count). The van der Waals surface area contributed by atoms with Crippen molar-refractivity contribution in [1.82, 2.24) is 15.3 Å². The van der Waals surface area contributed by atoms with E-state index < -0.39 is 35.2 Å². The van der Waals surface area contributed by atoms with E-state index >= 15 is 0 Å². The largest absolute Gasteiger partial charge is 0.469 e. The molecule has 256 valence electrons. The standard InChI is InChI=1S/C36H37ClN4O8/c1-6-35(45,7-2)24(42)16-19-14-18-12-13-23-21(15-18)36(20-10-8-9-11-22(20)38-34(36)47-23)28-26(32-41-27(29(37)49-32)33(44)46-5)40-31(48-28)25(17(3)4)39-30(19)43/h8-13,15,17,19,25,34,38,45H,6-7,14,16H2,1-5H3,(H,39,43)/t19?,25-,34-,36?/m0/s1. The third-order valence-electron chi connectivity index (χ3n) is 10.1. The number of Topliss-reactive ketones (excluding diaryl/α,β-unsaturated/α-hetero) is 1. The minimum absolute atomic E-state index is 0.0805. The van der Waals surface area contributed by atoms with Gasteiger partial charge in [-0.05, 0) is 60.0 Å². The summed E-state index contributed by atoms with van der Waals surface area (Å²) in [7, 11) is 1.21. The highest BCUT2D eigenvalue weighted by molar-refractivity contribution is 6.31. The van der Waals surface area contributed by atoms with Crippen LogP contribution in [-0.4, -0.2) is 51.7 Å². The second-order valence-electron chi connectivity index (χ2n) is 13.2. The van der Waals surface area contributed by atoms with Gasteiger partial charge < -0.3 is 34.0 Å². The first-order valence-corrected chi connectivity index (χ1v) is 16.8. The van der Waals surface area contributed by atoms with E-state index in [1.54, 1.807) is 13.8 Å². The number of aromatic nitrogens is 2. The van der Waals surface area contributed by atoms with Gasteiger partial charge in [-0.1, -0.05) is 58.0 Å². The number of anilines is 1. The van der Waals surface area contributed by atoms with E-state index in [-0.39, 0.29) is 71.7 Å². The molecule has 13 heteroatoms. The van der Waals surface area contributed by atoms with E-state index in [2.05, 4.69) is 15.6 Å². The Morgan fingerprint density at radius 3 is 2.57 bits per heavy atom. The summed E-state index contributed by atoms with van der Waals surface area (Å²) in [6.07, 6.45) is -0.138. The number of nitrogens with one attached hydrogen (secondary N) is 2. The summed E-state index contributed by atoms with van der Waals surface area (Å²) in [5, 5.41) is 17.4. The second-order valence-corrected chi connectivity index (χ2v) is 13.5. The van der Waals surface area contributed by atoms with Crippen molar-refractivity contribution in [3.8, 4) is 17.3 Å². The Kier molecular flexibility index (Phi) is 8.06. The van der Waals surface area contributed by atoms with Crippen LogP contribution in [0.4, 0.5) is 5.69 Å². The maximum atomic E-state index is 14.1. The van der Waals surface area contributed by atoms with Gasteiger partial charge in [-0.2, -0.15) is 4.98 Å². The van der Waals surface area contributed by atoms with Gasteiger partial charge in [0.25, 0.3) is 5.89 Å². The topological polar surface area (TPSA) is 166 Å². The smallest absolute Gasteiger partial charge is 0.361 e. The number of fused-ring (bicyclic) bond motifs is 4. The van der Waals surface area contributed by atoms with Crippen LogP contribution in [-0.2, 0) is 26.2 Å². The molecule has 3 aliphatic heterocycles. The molecule has 3 N–H and O–H groups in total. The number of hydrogen-bond donors (Lipinski definition) is 3. The maximum Gasteiger partial charge on any atom is 0.361 e. The molecule has 0 saturated heterocycles. The number of methoxy groups -OCH3 is 1. The van der Waals surface area contributed by atoms with Crippen LogP contribution in [0, 0.1) is 11.8 Å². The number of carbonyl (C=O) groups is 3. The number of ketones is 1. The summed E-state index contributed by atoms with van der Waals surface area (Å²) in [4.78, 5) is 49.5. The van der Waals surface area contributed by atoms with Gasteiger partial charge in [-0.15, -0.1) is 0 Å². The molecule has 49 heavy (non-hydrogen) atoms. The van der Waals surface area contributed by atoms with Gasteiger partial charge in [0.1, 0.15) is 22.8 Å². The minimum Gasteiger partial charge on any atom is -0.469 e. The van der Waals surface area contributed by atoms with Crippen LogP contribution in [0.2, 0.25) is 5.22 Å². The van der Waals surface area contributed by atoms with E-state index in [9.17, 15) is 19.5 Å². The SMILES string of the molecule is CCC(O)(CC)C(=O)CC1Cc2ccc3c(c2)C2(c4ccccc4N[C@H]2O3)c2oc(nc2-c2nc(C(=O)OC)c(Cl)o2)[C@H](C(C)C)NC1=O. The molecule has 4 aromatic rings. The average Bonchev–Trinajstić information content (AvgIpc) is 3.85. The third-order valence-corrected chi connectivity index (χ3v) is 10.4. The fourth-order valence-corrected chi connectivity index (χ4v) is 7.44. The van der Waals surface area contributed by atoms with Crippen molar-refractivity contribution >= 4 is 34.9 Å². The second kappa shape index (κ2) is 12.0. The molecule has 1 spiro atoms. The fourth-order valence-electron chi connectivity index (χ4n) is 7.25. The van der Waals surface area contributed by atoms with E-state index in [0.717, 1.165) is 22.4 Å². The van der Waals surface area contributed by atoms with Gasteiger partial charge in [0.15, 0.2) is 23.5 Å². The minimum atomic E-state index is -1.53. The number of benzene rings is 2. The Bertz CT molecular complexity index is 1980. The van der Waals surface area contributed by atoms with E-state index in [0.29, 0.717) is 11.5 Å². The summed E-state index contributed by atoms with van der Waals surface area (Å²) in [5.41, 5.74) is 0.466. The van der Waals surface area contributed by atoms with Gasteiger partial charge in [0.05, 0.1) is 7.11 Å². The molecule has 5 heterocycles. The number of halogens is 1. The van der Waals surface area contributed by atoms with Crippen molar-refractivity contribution < 1.29 is 37.8 Å². The maximum absolute atomic E-state index is 14.1. The number of hydrogen-bond acceptors (Lipinski definition) is 11. The number of ether oxygens (including phenoxy) is 2. The fraction of sp³-hybridized carbons (Fsp3) is 0.417. The van der Waals surface area contributed by atoms with Crippen molar-refractivity contribution in [2.45, 2.75) is 76.7 Å². The first-order valence-electron chi connectivity index (χ1n) is 16.4. The molecular formula is C36H37ClN4O8. The molecular weight excluding hydrogens is 652 g/mol. The number of esters is 1. The highest BCUT2D eigenvalue weighted by Gasteiger charge is 2.61. The molecule has 2 aromatic carbocycles. The first-order chi connectivity index (χ1) is 23.4. The highest BCUT2D eigenvalue weighted by Crippen LogP contribution is 2.59. The zero-order valence-electron chi connectivity index (χ0n) is 27.8. The molecule has 4 bridgehead atoms. The van der Waals surface area contributed by atoms with Crippen LogP contribution in [0.3, 0.4) is 0 Å². The third kappa shape index (κ3) is 5.03. The number of aliphatic hydroxyl groups is 1. The lowest BCUT2D eigenvalue weighted by Crippen LogP contribution is -2.43. The van der Waals surface area contributed by atoms with Gasteiger partial charge in [-0.25, -0.2) is 9.78 Å². The molecule has 0 aliphatic carbocycles. The molecule has 12 nitrogen and oxygen atoms in total. The Balaban J connectivity index is 1.49. The van der Waals surface area contributed by atoms with Gasteiger partial charge in [0, 0.05) is 23.6 Å². The number of oxazole rings is 2. The van der Waals surface area contributed by atoms with Gasteiger partial charge >= 0.3 is 5.97 Å². The molecule has 2 unspecified atom stereocenters. The van der Waals surface area contributed by atoms with Crippen molar-refractivity contribution in [2.24, 2.45) is 11.8 Å².